The van der Waals surface area contributed by atoms with Gasteiger partial charge in [-0.2, -0.15) is 0 Å². The number of nitrogens with zero attached hydrogens (tertiary/aromatic N) is 6. The van der Waals surface area contributed by atoms with Gasteiger partial charge in [0.15, 0.2) is 0 Å². The molecule has 1 aliphatic heterocycles. The number of hydrogen-bond acceptors (Lipinski definition) is 18. The monoisotopic (exact) mass is 1590 g/mol. The second-order valence-corrected chi connectivity index (χ2v) is 29.7. The molecule has 29 nitrogen and oxygen atoms in total. The number of aromatic carboxylic acids is 3. The number of sulfonamides is 3. The van der Waals surface area contributed by atoms with Crippen molar-refractivity contribution in [2.45, 2.75) is 14.7 Å². The Hall–Kier alpha value is -11.0. The quantitative estimate of drug-likeness (QED) is 0.0287. The zero-order chi connectivity index (χ0) is 75.4. The molecule has 6 N–H and O–H groups in total. The maximum Gasteiger partial charge on any atom is 0.338 e. The Bertz CT molecular complexity index is 5160. The predicted molar refractivity (Wildman–Crippen MR) is 389 cm³/mol. The minimum atomic E-state index is -4.11. The van der Waals surface area contributed by atoms with Gasteiger partial charge in [-0.1, -0.05) is 56.8 Å². The lowest BCUT2D eigenvalue weighted by molar-refractivity contribution is -0.385. The molecule has 36 heteroatoms. The van der Waals surface area contributed by atoms with Crippen molar-refractivity contribution in [1.29, 1.82) is 0 Å². The first-order chi connectivity index (χ1) is 48.6. The molecule has 10 rings (SSSR count). The molecule has 0 bridgehead atoms. The van der Waals surface area contributed by atoms with Gasteiger partial charge in [-0.25, -0.2) is 39.6 Å². The number of carboxylic acids is 3. The molecule has 1 fully saturated rings. The number of benzene rings is 9. The molecule has 9 aromatic carbocycles. The van der Waals surface area contributed by atoms with Crippen LogP contribution in [0.25, 0.3) is 0 Å². The van der Waals surface area contributed by atoms with Gasteiger partial charge in [-0.3, -0.25) is 47.5 Å². The van der Waals surface area contributed by atoms with Crippen LogP contribution in [0.2, 0.25) is 15.1 Å². The average Bonchev–Trinajstić information content (AvgIpc) is 0.770. The predicted octanol–water partition coefficient (Wildman–Crippen LogP) is 12.8. The van der Waals surface area contributed by atoms with E-state index in [0.29, 0.717) is 68.6 Å². The third-order valence-electron chi connectivity index (χ3n) is 15.2. The molecule has 103 heavy (non-hydrogen) atoms. The molecular weight excluding hydrogens is 1530 g/mol. The molecular formula is C67H55BrCl3N9O20S3. The number of nitro benzene ring substituents is 2. The van der Waals surface area contributed by atoms with E-state index in [9.17, 15) is 89.6 Å². The standard InChI is InChI=1S/C25H23BrClN3O6S.2C21H16ClN3O7S/c1-29(19-6-4-18(27)5-7-19)37(34,35)23-14-16(2-9-22(23)30-10-12-36-13-11-30)24(31)28-21-8-3-17(26)15-20(21)25(32)33;1-24(15-6-4-14(22)5-7-15)33(31,32)17-9-2-13(3-10-17)20(26)23-19-11-8-16(25(29)30)12-18(19)21(27)28;1-24(15-7-5-14(22)6-8-15)33(31,32)17-4-2-3-13(11-17)20(26)23-19-10-9-16(25(29)30)12-18(19)21(27)28/h2-9,14-15H,10-13H2,1H3,(H,28,31)(H,32,33);2*2-12H,1H3,(H,23,26)(H,27,28). The Morgan fingerprint density at radius 2 is 0.825 bits per heavy atom. The lowest BCUT2D eigenvalue weighted by Gasteiger charge is -2.31. The van der Waals surface area contributed by atoms with Crippen molar-refractivity contribution in [3.05, 3.63) is 267 Å². The van der Waals surface area contributed by atoms with Gasteiger partial charge < -0.3 is 40.9 Å². The summed E-state index contributed by atoms with van der Waals surface area (Å²) < 4.78 is 88.6. The van der Waals surface area contributed by atoms with Gasteiger partial charge in [0.1, 0.15) is 4.90 Å². The van der Waals surface area contributed by atoms with Crippen LogP contribution >= 0.6 is 50.7 Å². The maximum absolute atomic E-state index is 13.8. The number of morpholine rings is 1. The number of nitro groups is 2. The van der Waals surface area contributed by atoms with E-state index in [-0.39, 0.29) is 54.0 Å². The highest BCUT2D eigenvalue weighted by Crippen LogP contribution is 2.35. The fourth-order valence-electron chi connectivity index (χ4n) is 9.59. The van der Waals surface area contributed by atoms with Gasteiger partial charge in [0.25, 0.3) is 59.2 Å². The summed E-state index contributed by atoms with van der Waals surface area (Å²) in [5.74, 6) is -6.31. The van der Waals surface area contributed by atoms with Crippen molar-refractivity contribution in [2.75, 3.05) is 81.2 Å². The summed E-state index contributed by atoms with van der Waals surface area (Å²) in [6.45, 7) is 1.85. The van der Waals surface area contributed by atoms with E-state index >= 15 is 0 Å². The third-order valence-corrected chi connectivity index (χ3v) is 21.8. The van der Waals surface area contributed by atoms with Gasteiger partial charge in [0.05, 0.1) is 89.4 Å². The molecule has 1 saturated heterocycles. The Morgan fingerprint density at radius 1 is 0.456 bits per heavy atom. The Balaban J connectivity index is 0.000000196. The topological polar surface area (TPSA) is 410 Å². The van der Waals surface area contributed by atoms with Gasteiger partial charge in [-0.05, 0) is 164 Å². The molecule has 0 aliphatic carbocycles. The van der Waals surface area contributed by atoms with Gasteiger partial charge in [0.2, 0.25) is 0 Å². The molecule has 0 spiro atoms. The smallest absolute Gasteiger partial charge is 0.338 e. The number of ether oxygens (including phenoxy) is 1. The molecule has 1 aliphatic rings. The highest BCUT2D eigenvalue weighted by molar-refractivity contribution is 9.10. The van der Waals surface area contributed by atoms with Crippen LogP contribution in [0.5, 0.6) is 0 Å². The highest BCUT2D eigenvalue weighted by Gasteiger charge is 2.31. The van der Waals surface area contributed by atoms with E-state index < -0.39 is 98.0 Å². The van der Waals surface area contributed by atoms with Crippen LogP contribution in [0.4, 0.5) is 51.2 Å². The summed E-state index contributed by atoms with van der Waals surface area (Å²) in [7, 11) is -7.91. The van der Waals surface area contributed by atoms with E-state index in [1.165, 1.54) is 112 Å². The van der Waals surface area contributed by atoms with Crippen LogP contribution in [-0.4, -0.2) is 133 Å². The summed E-state index contributed by atoms with van der Waals surface area (Å²) in [6.07, 6.45) is 0. The van der Waals surface area contributed by atoms with E-state index in [2.05, 4.69) is 31.9 Å². The fraction of sp³-hybridized carbons (Fsp3) is 0.104. The van der Waals surface area contributed by atoms with Crippen LogP contribution in [-0.2, 0) is 34.8 Å². The number of carboxylic acid groups (broad SMARTS) is 3. The first-order valence-corrected chi connectivity index (χ1v) is 35.7. The van der Waals surface area contributed by atoms with Crippen molar-refractivity contribution in [2.24, 2.45) is 0 Å². The zero-order valence-electron chi connectivity index (χ0n) is 53.5. The van der Waals surface area contributed by atoms with Crippen molar-refractivity contribution >= 4 is 168 Å². The molecule has 1 heterocycles. The minimum Gasteiger partial charge on any atom is -0.478 e. The van der Waals surface area contributed by atoms with Crippen molar-refractivity contribution in [1.82, 2.24) is 0 Å². The Kier molecular flexibility index (Phi) is 25.0. The zero-order valence-corrected chi connectivity index (χ0v) is 59.8. The lowest BCUT2D eigenvalue weighted by Crippen LogP contribution is -2.38. The molecule has 0 atom stereocenters. The number of halogens is 4. The molecule has 0 radical (unpaired) electrons. The van der Waals surface area contributed by atoms with Crippen LogP contribution in [0.3, 0.4) is 0 Å². The first kappa shape index (κ1) is 77.7. The highest BCUT2D eigenvalue weighted by atomic mass is 79.9. The minimum absolute atomic E-state index is 0.0535. The van der Waals surface area contributed by atoms with Crippen LogP contribution < -0.4 is 33.8 Å². The second kappa shape index (κ2) is 33.2. The van der Waals surface area contributed by atoms with E-state index in [0.717, 1.165) is 55.4 Å². The van der Waals surface area contributed by atoms with E-state index in [1.807, 2.05) is 4.90 Å². The maximum atomic E-state index is 13.8. The molecule has 0 unspecified atom stereocenters. The Labute approximate surface area is 610 Å². The summed E-state index contributed by atoms with van der Waals surface area (Å²) in [6, 6.07) is 43.7. The van der Waals surface area contributed by atoms with Crippen LogP contribution in [0.15, 0.2) is 213 Å². The summed E-state index contributed by atoms with van der Waals surface area (Å²) in [5.41, 5.74) is -0.549. The van der Waals surface area contributed by atoms with Crippen LogP contribution in [0, 0.1) is 20.2 Å². The number of anilines is 7. The number of carbonyl (C=O) groups excluding carboxylic acids is 3. The molecule has 0 aromatic heterocycles. The van der Waals surface area contributed by atoms with E-state index in [4.69, 9.17) is 39.5 Å². The SMILES string of the molecule is CN(c1ccc(Cl)cc1)S(=O)(=O)c1cc(C(=O)Nc2ccc(Br)cc2C(=O)O)ccc1N1CCOCC1.CN(c1ccc(Cl)cc1)S(=O)(=O)c1ccc(C(=O)Nc2ccc([N+](=O)[O-])cc2C(=O)O)cc1.CN(c1ccc(Cl)cc1)S(=O)(=O)c1cccc(C(=O)Nc2ccc([N+](=O)[O-])cc2C(=O)O)c1. The number of non-ortho nitro benzene ring substituents is 2. The van der Waals surface area contributed by atoms with Crippen molar-refractivity contribution in [3.63, 3.8) is 0 Å². The van der Waals surface area contributed by atoms with Gasteiger partial charge >= 0.3 is 17.9 Å². The van der Waals surface area contributed by atoms with Gasteiger partial charge in [0, 0.05) is 94.7 Å². The van der Waals surface area contributed by atoms with Crippen molar-refractivity contribution < 1.29 is 83.9 Å². The summed E-state index contributed by atoms with van der Waals surface area (Å²) >= 11 is 20.9. The lowest BCUT2D eigenvalue weighted by atomic mass is 10.1. The number of carbonyl (C=O) groups is 6. The number of rotatable bonds is 21. The number of nitrogens with one attached hydrogen (secondary N) is 3. The van der Waals surface area contributed by atoms with Gasteiger partial charge in [-0.15, -0.1) is 0 Å². The normalized spacial score (nSPS) is 12.0. The largest absolute Gasteiger partial charge is 0.478 e. The third kappa shape index (κ3) is 18.9. The second-order valence-electron chi connectivity index (χ2n) is 21.6. The number of amides is 3. The van der Waals surface area contributed by atoms with Crippen LogP contribution in [0.1, 0.15) is 62.1 Å². The molecule has 0 saturated carbocycles. The fourth-order valence-corrected chi connectivity index (χ4v) is 14.2. The summed E-state index contributed by atoms with van der Waals surface area (Å²) in [5, 5.41) is 58.6. The molecule has 534 valence electrons. The number of hydrogen-bond donors (Lipinski definition) is 6. The van der Waals surface area contributed by atoms with E-state index in [1.54, 1.807) is 60.7 Å². The Morgan fingerprint density at radius 3 is 1.24 bits per heavy atom. The van der Waals surface area contributed by atoms with Crippen molar-refractivity contribution in [3.8, 4) is 0 Å². The summed E-state index contributed by atoms with van der Waals surface area (Å²) in [4.78, 5) is 94.8. The molecule has 9 aromatic rings. The first-order valence-electron chi connectivity index (χ1n) is 29.5. The molecule has 3 amide bonds. The average molecular weight is 1590 g/mol.